The number of carbonyl (C=O) groups excluding carboxylic acids is 1. The number of aliphatic carboxylic acids is 1. The lowest BCUT2D eigenvalue weighted by Gasteiger charge is -2.24. The van der Waals surface area contributed by atoms with Gasteiger partial charge in [-0.05, 0) is 43.4 Å². The Morgan fingerprint density at radius 2 is 2.10 bits per heavy atom. The third-order valence-corrected chi connectivity index (χ3v) is 3.95. The maximum absolute atomic E-state index is 12.3. The Morgan fingerprint density at radius 3 is 2.71 bits per heavy atom. The lowest BCUT2D eigenvalue weighted by Crippen LogP contribution is -2.38. The van der Waals surface area contributed by atoms with E-state index in [1.165, 1.54) is 5.56 Å². The van der Waals surface area contributed by atoms with E-state index in [1.54, 1.807) is 0 Å². The quantitative estimate of drug-likeness (QED) is 0.906. The van der Waals surface area contributed by atoms with Crippen molar-refractivity contribution in [3.8, 4) is 0 Å². The van der Waals surface area contributed by atoms with Crippen LogP contribution in [0.5, 0.6) is 0 Å². The van der Waals surface area contributed by atoms with Gasteiger partial charge in [0.05, 0.1) is 0 Å². The van der Waals surface area contributed by atoms with Gasteiger partial charge >= 0.3 is 5.97 Å². The lowest BCUT2D eigenvalue weighted by molar-refractivity contribution is -0.137. The number of nitrogens with zero attached hydrogens (tertiary/aromatic N) is 1. The number of aryl methyl sites for hydroxylation is 1. The van der Waals surface area contributed by atoms with Crippen LogP contribution in [0.15, 0.2) is 18.2 Å². The Kier molecular flexibility index (Phi) is 4.66. The molecule has 1 aliphatic rings. The molecule has 0 bridgehead atoms. The number of carboxylic acid groups (broad SMARTS) is 1. The van der Waals surface area contributed by atoms with Crippen LogP contribution >= 0.6 is 0 Å². The molecule has 0 saturated heterocycles. The highest BCUT2D eigenvalue weighted by atomic mass is 16.4. The number of benzene rings is 1. The van der Waals surface area contributed by atoms with Gasteiger partial charge in [0.15, 0.2) is 0 Å². The monoisotopic (exact) mass is 289 g/mol. The highest BCUT2D eigenvalue weighted by molar-refractivity contribution is 5.97. The number of amides is 1. The van der Waals surface area contributed by atoms with E-state index in [2.05, 4.69) is 13.0 Å². The van der Waals surface area contributed by atoms with E-state index in [1.807, 2.05) is 30.9 Å². The summed E-state index contributed by atoms with van der Waals surface area (Å²) in [6, 6.07) is 6.35. The third-order valence-electron chi connectivity index (χ3n) is 3.95. The van der Waals surface area contributed by atoms with E-state index in [4.69, 9.17) is 5.11 Å². The zero-order valence-electron chi connectivity index (χ0n) is 12.9. The Balaban J connectivity index is 2.14. The zero-order chi connectivity index (χ0) is 15.6. The number of carbonyl (C=O) groups is 2. The Bertz CT molecular complexity index is 551. The number of fused-ring (bicyclic) bond motifs is 1. The molecular weight excluding hydrogens is 266 g/mol. The average molecular weight is 289 g/mol. The topological polar surface area (TPSA) is 57.6 Å². The summed E-state index contributed by atoms with van der Waals surface area (Å²) in [6.07, 6.45) is 2.50. The molecule has 1 aliphatic heterocycles. The zero-order valence-corrected chi connectivity index (χ0v) is 12.9. The van der Waals surface area contributed by atoms with E-state index in [-0.39, 0.29) is 24.3 Å². The molecule has 1 N–H and O–H groups in total. The summed E-state index contributed by atoms with van der Waals surface area (Å²) in [4.78, 5) is 24.8. The maximum Gasteiger partial charge on any atom is 0.303 e. The average Bonchev–Trinajstić information content (AvgIpc) is 2.72. The summed E-state index contributed by atoms with van der Waals surface area (Å²) in [5, 5.41) is 8.68. The molecule has 1 aromatic rings. The summed E-state index contributed by atoms with van der Waals surface area (Å²) in [5.74, 6) is -0.591. The second-order valence-electron chi connectivity index (χ2n) is 6.13. The maximum atomic E-state index is 12.3. The molecule has 0 spiro atoms. The molecule has 114 valence electrons. The van der Waals surface area contributed by atoms with Gasteiger partial charge in [0.2, 0.25) is 5.91 Å². The van der Waals surface area contributed by atoms with Crippen molar-refractivity contribution in [1.82, 2.24) is 0 Å². The van der Waals surface area contributed by atoms with Crippen molar-refractivity contribution in [3.05, 3.63) is 29.3 Å². The van der Waals surface area contributed by atoms with Crippen LogP contribution in [0.25, 0.3) is 0 Å². The van der Waals surface area contributed by atoms with Gasteiger partial charge in [0.1, 0.15) is 0 Å². The molecule has 4 heteroatoms. The van der Waals surface area contributed by atoms with Crippen molar-refractivity contribution < 1.29 is 14.7 Å². The van der Waals surface area contributed by atoms with Gasteiger partial charge in [0, 0.05) is 24.1 Å². The van der Waals surface area contributed by atoms with Crippen molar-refractivity contribution in [2.24, 2.45) is 5.92 Å². The van der Waals surface area contributed by atoms with Crippen LogP contribution in [0.4, 0.5) is 5.69 Å². The van der Waals surface area contributed by atoms with Gasteiger partial charge in [-0.15, -0.1) is 0 Å². The number of hydrogen-bond donors (Lipinski definition) is 1. The molecule has 0 radical (unpaired) electrons. The van der Waals surface area contributed by atoms with Crippen LogP contribution in [-0.4, -0.2) is 23.0 Å². The van der Waals surface area contributed by atoms with E-state index in [9.17, 15) is 9.59 Å². The molecule has 1 aromatic carbocycles. The predicted molar refractivity (Wildman–Crippen MR) is 82.5 cm³/mol. The number of rotatable bonds is 5. The van der Waals surface area contributed by atoms with Gasteiger partial charge < -0.3 is 10.0 Å². The molecule has 1 amide bonds. The van der Waals surface area contributed by atoms with Gasteiger partial charge in [-0.2, -0.15) is 0 Å². The first-order valence-corrected chi connectivity index (χ1v) is 7.56. The van der Waals surface area contributed by atoms with Gasteiger partial charge in [-0.1, -0.05) is 26.0 Å². The molecule has 0 fully saturated rings. The minimum atomic E-state index is -0.751. The van der Waals surface area contributed by atoms with Crippen molar-refractivity contribution in [2.75, 3.05) is 4.90 Å². The van der Waals surface area contributed by atoms with Gasteiger partial charge in [-0.25, -0.2) is 0 Å². The van der Waals surface area contributed by atoms with E-state index < -0.39 is 5.97 Å². The summed E-state index contributed by atoms with van der Waals surface area (Å²) >= 11 is 0. The predicted octanol–water partition coefficient (Wildman–Crippen LogP) is 3.03. The number of anilines is 1. The second kappa shape index (κ2) is 6.29. The lowest BCUT2D eigenvalue weighted by atomic mass is 10.0. The largest absolute Gasteiger partial charge is 0.481 e. The second-order valence-corrected chi connectivity index (χ2v) is 6.13. The normalized spacial score (nSPS) is 17.1. The minimum Gasteiger partial charge on any atom is -0.481 e. The van der Waals surface area contributed by atoms with Crippen LogP contribution < -0.4 is 4.90 Å². The summed E-state index contributed by atoms with van der Waals surface area (Å²) < 4.78 is 0. The first-order valence-electron chi connectivity index (χ1n) is 7.56. The third kappa shape index (κ3) is 3.43. The SMILES string of the molecule is CC(C)C(=O)N1c2ccc(CCCC(=O)O)cc2CC1C. The first-order chi connectivity index (χ1) is 9.90. The van der Waals surface area contributed by atoms with Crippen molar-refractivity contribution in [1.29, 1.82) is 0 Å². The standard InChI is InChI=1S/C17H23NO3/c1-11(2)17(21)18-12(3)9-14-10-13(7-8-15(14)18)5-4-6-16(19)20/h7-8,10-12H,4-6,9H2,1-3H3,(H,19,20). The molecule has 1 unspecified atom stereocenters. The van der Waals surface area contributed by atoms with E-state index in [0.717, 1.165) is 24.1 Å². The molecule has 1 heterocycles. The summed E-state index contributed by atoms with van der Waals surface area (Å²) in [7, 11) is 0. The van der Waals surface area contributed by atoms with Crippen LogP contribution in [-0.2, 0) is 22.4 Å². The Morgan fingerprint density at radius 1 is 1.38 bits per heavy atom. The Labute approximate surface area is 125 Å². The van der Waals surface area contributed by atoms with Crippen molar-refractivity contribution >= 4 is 17.6 Å². The van der Waals surface area contributed by atoms with Crippen LogP contribution in [0.3, 0.4) is 0 Å². The minimum absolute atomic E-state index is 0.00589. The fourth-order valence-electron chi connectivity index (χ4n) is 2.90. The first kappa shape index (κ1) is 15.5. The van der Waals surface area contributed by atoms with Gasteiger partial charge in [-0.3, -0.25) is 9.59 Å². The van der Waals surface area contributed by atoms with E-state index in [0.29, 0.717) is 6.42 Å². The smallest absolute Gasteiger partial charge is 0.303 e. The highest BCUT2D eigenvalue weighted by Gasteiger charge is 2.31. The molecular formula is C17H23NO3. The number of hydrogen-bond acceptors (Lipinski definition) is 2. The molecule has 4 nitrogen and oxygen atoms in total. The van der Waals surface area contributed by atoms with E-state index >= 15 is 0 Å². The molecule has 0 saturated carbocycles. The molecule has 21 heavy (non-hydrogen) atoms. The summed E-state index contributed by atoms with van der Waals surface area (Å²) in [5.41, 5.74) is 3.37. The van der Waals surface area contributed by atoms with Crippen LogP contribution in [0.2, 0.25) is 0 Å². The highest BCUT2D eigenvalue weighted by Crippen LogP contribution is 2.34. The molecule has 0 aliphatic carbocycles. The molecule has 0 aromatic heterocycles. The number of carboxylic acids is 1. The van der Waals surface area contributed by atoms with Gasteiger partial charge in [0.25, 0.3) is 0 Å². The Hall–Kier alpha value is -1.84. The molecule has 2 rings (SSSR count). The molecule has 1 atom stereocenters. The fourth-order valence-corrected chi connectivity index (χ4v) is 2.90. The van der Waals surface area contributed by atoms with Crippen LogP contribution in [0, 0.1) is 5.92 Å². The fraction of sp³-hybridized carbons (Fsp3) is 0.529. The summed E-state index contributed by atoms with van der Waals surface area (Å²) in [6.45, 7) is 5.92. The van der Waals surface area contributed by atoms with Crippen molar-refractivity contribution in [2.45, 2.75) is 52.5 Å². The van der Waals surface area contributed by atoms with Crippen LogP contribution in [0.1, 0.15) is 44.7 Å². The van der Waals surface area contributed by atoms with Crippen molar-refractivity contribution in [3.63, 3.8) is 0 Å².